The number of fused-ring (bicyclic) bond motifs is 1. The Kier molecular flexibility index (Phi) is 3.74. The van der Waals surface area contributed by atoms with E-state index in [1.165, 1.54) is 29.5 Å². The van der Waals surface area contributed by atoms with Crippen LogP contribution in [-0.4, -0.2) is 35.8 Å². The molecule has 0 bridgehead atoms. The molecule has 0 spiro atoms. The molecule has 1 aromatic carbocycles. The lowest BCUT2D eigenvalue weighted by molar-refractivity contribution is -0.0143. The molecule has 0 amide bonds. The Morgan fingerprint density at radius 2 is 2.10 bits per heavy atom. The van der Waals surface area contributed by atoms with E-state index in [-0.39, 0.29) is 6.04 Å². The number of piperidine rings is 1. The summed E-state index contributed by atoms with van der Waals surface area (Å²) < 4.78 is 5.82. The van der Waals surface area contributed by atoms with Crippen molar-refractivity contribution in [2.24, 2.45) is 5.92 Å². The normalized spacial score (nSPS) is 30.7. The van der Waals surface area contributed by atoms with Gasteiger partial charge in [0.2, 0.25) is 0 Å². The first-order chi connectivity index (χ1) is 9.58. The molecule has 20 heavy (non-hydrogen) atoms. The highest BCUT2D eigenvalue weighted by Crippen LogP contribution is 2.40. The van der Waals surface area contributed by atoms with Crippen molar-refractivity contribution in [3.63, 3.8) is 0 Å². The van der Waals surface area contributed by atoms with Gasteiger partial charge in [-0.1, -0.05) is 19.1 Å². The second kappa shape index (κ2) is 5.38. The maximum Gasteiger partial charge on any atom is 0.127 e. The number of benzene rings is 1. The van der Waals surface area contributed by atoms with Crippen LogP contribution in [0.3, 0.4) is 0 Å². The van der Waals surface area contributed by atoms with Crippen LogP contribution >= 0.6 is 0 Å². The van der Waals surface area contributed by atoms with E-state index in [0.29, 0.717) is 12.5 Å². The molecule has 3 rings (SSSR count). The van der Waals surface area contributed by atoms with Crippen LogP contribution in [0.25, 0.3) is 0 Å². The number of aliphatic hydroxyl groups excluding tert-OH is 1. The fraction of sp³-hybridized carbons (Fsp3) is 0.647. The van der Waals surface area contributed by atoms with Crippen LogP contribution in [0.5, 0.6) is 5.75 Å². The van der Waals surface area contributed by atoms with Gasteiger partial charge in [0.15, 0.2) is 0 Å². The molecular formula is C17H25NO2. The monoisotopic (exact) mass is 275 g/mol. The summed E-state index contributed by atoms with van der Waals surface area (Å²) in [6.45, 7) is 9.10. The van der Waals surface area contributed by atoms with E-state index in [4.69, 9.17) is 4.74 Å². The summed E-state index contributed by atoms with van der Waals surface area (Å²) in [5, 5.41) is 10.4. The van der Waals surface area contributed by atoms with Gasteiger partial charge >= 0.3 is 0 Å². The zero-order chi connectivity index (χ0) is 14.3. The molecule has 1 saturated heterocycles. The average Bonchev–Trinajstić information content (AvgIpc) is 2.43. The van der Waals surface area contributed by atoms with Gasteiger partial charge in [-0.15, -0.1) is 0 Å². The van der Waals surface area contributed by atoms with Crippen molar-refractivity contribution in [3.05, 3.63) is 28.8 Å². The highest BCUT2D eigenvalue weighted by atomic mass is 16.5. The first-order valence-corrected chi connectivity index (χ1v) is 7.73. The minimum atomic E-state index is -0.421. The zero-order valence-corrected chi connectivity index (χ0v) is 12.7. The van der Waals surface area contributed by atoms with Crippen molar-refractivity contribution in [3.8, 4) is 5.75 Å². The molecule has 1 fully saturated rings. The summed E-state index contributed by atoms with van der Waals surface area (Å²) >= 11 is 0. The number of ether oxygens (including phenoxy) is 1. The second-order valence-electron chi connectivity index (χ2n) is 6.49. The van der Waals surface area contributed by atoms with Crippen LogP contribution in [-0.2, 0) is 0 Å². The number of rotatable bonds is 1. The summed E-state index contributed by atoms with van der Waals surface area (Å²) in [5.41, 5.74) is 3.64. The summed E-state index contributed by atoms with van der Waals surface area (Å²) in [7, 11) is 0. The molecule has 3 heteroatoms. The Morgan fingerprint density at radius 1 is 1.30 bits per heavy atom. The summed E-state index contributed by atoms with van der Waals surface area (Å²) in [6.07, 6.45) is 2.11. The summed E-state index contributed by atoms with van der Waals surface area (Å²) in [6, 6.07) is 4.39. The predicted octanol–water partition coefficient (Wildman–Crippen LogP) is 2.83. The van der Waals surface area contributed by atoms with Crippen LogP contribution in [0.1, 0.15) is 42.5 Å². The fourth-order valence-corrected chi connectivity index (χ4v) is 3.62. The first kappa shape index (κ1) is 13.9. The van der Waals surface area contributed by atoms with E-state index in [0.717, 1.165) is 18.8 Å². The SMILES string of the molecule is Cc1ccc2c(c1C)OCC(O)C2N1CCCC(C)C1. The van der Waals surface area contributed by atoms with Crippen molar-refractivity contribution in [1.29, 1.82) is 0 Å². The van der Waals surface area contributed by atoms with Crippen molar-refractivity contribution in [2.75, 3.05) is 19.7 Å². The third-order valence-electron chi connectivity index (χ3n) is 4.87. The minimum absolute atomic E-state index is 0.0980. The molecule has 3 nitrogen and oxygen atoms in total. The molecule has 0 aliphatic carbocycles. The lowest BCUT2D eigenvalue weighted by Gasteiger charge is -2.42. The molecule has 0 radical (unpaired) electrons. The Bertz CT molecular complexity index is 500. The Hall–Kier alpha value is -1.06. The minimum Gasteiger partial charge on any atom is -0.490 e. The van der Waals surface area contributed by atoms with Gasteiger partial charge in [-0.25, -0.2) is 0 Å². The van der Waals surface area contributed by atoms with Crippen LogP contribution in [0.2, 0.25) is 0 Å². The Labute approximate surface area is 121 Å². The molecule has 0 saturated carbocycles. The van der Waals surface area contributed by atoms with Crippen molar-refractivity contribution in [1.82, 2.24) is 4.90 Å². The van der Waals surface area contributed by atoms with Crippen molar-refractivity contribution in [2.45, 2.75) is 45.8 Å². The molecule has 2 aliphatic heterocycles. The van der Waals surface area contributed by atoms with Gasteiger partial charge in [0.25, 0.3) is 0 Å². The maximum atomic E-state index is 10.4. The van der Waals surface area contributed by atoms with Crippen LogP contribution in [0.15, 0.2) is 12.1 Å². The topological polar surface area (TPSA) is 32.7 Å². The maximum absolute atomic E-state index is 10.4. The number of nitrogens with zero attached hydrogens (tertiary/aromatic N) is 1. The number of aliphatic hydroxyl groups is 1. The number of hydrogen-bond acceptors (Lipinski definition) is 3. The van der Waals surface area contributed by atoms with Gasteiger partial charge in [-0.2, -0.15) is 0 Å². The lowest BCUT2D eigenvalue weighted by Crippen LogP contribution is -2.46. The van der Waals surface area contributed by atoms with E-state index >= 15 is 0 Å². The molecule has 1 aromatic rings. The smallest absolute Gasteiger partial charge is 0.127 e. The third-order valence-corrected chi connectivity index (χ3v) is 4.87. The van der Waals surface area contributed by atoms with E-state index in [1.54, 1.807) is 0 Å². The van der Waals surface area contributed by atoms with Crippen LogP contribution in [0, 0.1) is 19.8 Å². The molecule has 110 valence electrons. The second-order valence-corrected chi connectivity index (χ2v) is 6.49. The van der Waals surface area contributed by atoms with Gasteiger partial charge < -0.3 is 9.84 Å². The van der Waals surface area contributed by atoms with Gasteiger partial charge in [0.1, 0.15) is 18.5 Å². The predicted molar refractivity (Wildman–Crippen MR) is 80.1 cm³/mol. The van der Waals surface area contributed by atoms with Crippen molar-refractivity contribution < 1.29 is 9.84 Å². The van der Waals surface area contributed by atoms with Gasteiger partial charge in [0.05, 0.1) is 6.04 Å². The standard InChI is InChI=1S/C17H25NO2/c1-11-5-4-8-18(9-11)16-14-7-6-12(2)13(3)17(14)20-10-15(16)19/h6-7,11,15-16,19H,4-5,8-10H2,1-3H3. The summed E-state index contributed by atoms with van der Waals surface area (Å²) in [4.78, 5) is 2.45. The molecule has 2 aliphatic rings. The van der Waals surface area contributed by atoms with Crippen LogP contribution < -0.4 is 4.74 Å². The van der Waals surface area contributed by atoms with E-state index in [2.05, 4.69) is 37.8 Å². The Balaban J connectivity index is 1.97. The molecular weight excluding hydrogens is 250 g/mol. The quantitative estimate of drug-likeness (QED) is 0.855. The van der Waals surface area contributed by atoms with Gasteiger partial charge in [-0.05, 0) is 50.3 Å². The molecule has 1 N–H and O–H groups in total. The van der Waals surface area contributed by atoms with Gasteiger partial charge in [-0.3, -0.25) is 4.90 Å². The van der Waals surface area contributed by atoms with Crippen molar-refractivity contribution >= 4 is 0 Å². The first-order valence-electron chi connectivity index (χ1n) is 7.73. The average molecular weight is 275 g/mol. The van der Waals surface area contributed by atoms with E-state index in [1.807, 2.05) is 0 Å². The molecule has 0 aromatic heterocycles. The number of hydrogen-bond donors (Lipinski definition) is 1. The van der Waals surface area contributed by atoms with E-state index < -0.39 is 6.10 Å². The summed E-state index contributed by atoms with van der Waals surface area (Å²) in [5.74, 6) is 1.72. The molecule has 2 heterocycles. The number of likely N-dealkylation sites (tertiary alicyclic amines) is 1. The largest absolute Gasteiger partial charge is 0.490 e. The number of aryl methyl sites for hydroxylation is 1. The Morgan fingerprint density at radius 3 is 2.85 bits per heavy atom. The fourth-order valence-electron chi connectivity index (χ4n) is 3.62. The van der Waals surface area contributed by atoms with Crippen LogP contribution in [0.4, 0.5) is 0 Å². The molecule has 3 unspecified atom stereocenters. The zero-order valence-electron chi connectivity index (χ0n) is 12.7. The van der Waals surface area contributed by atoms with E-state index in [9.17, 15) is 5.11 Å². The third kappa shape index (κ3) is 2.33. The lowest BCUT2D eigenvalue weighted by atomic mass is 9.90. The highest BCUT2D eigenvalue weighted by Gasteiger charge is 2.36. The van der Waals surface area contributed by atoms with Gasteiger partial charge in [0, 0.05) is 12.1 Å². The highest BCUT2D eigenvalue weighted by molar-refractivity contribution is 5.48. The molecule has 3 atom stereocenters.